The van der Waals surface area contributed by atoms with Crippen LogP contribution in [0.4, 0.5) is 13.2 Å². The Bertz CT molecular complexity index is 924. The van der Waals surface area contributed by atoms with Gasteiger partial charge in [-0.3, -0.25) is 0 Å². The molecule has 9 heteroatoms. The molecule has 1 heterocycles. The van der Waals surface area contributed by atoms with Crippen molar-refractivity contribution in [2.75, 3.05) is 7.11 Å². The molecule has 2 aromatic rings. The van der Waals surface area contributed by atoms with E-state index in [9.17, 15) is 18.0 Å². The number of fused-ring (bicyclic) bond motifs is 1. The van der Waals surface area contributed by atoms with Gasteiger partial charge in [-0.25, -0.2) is 4.79 Å². The third-order valence-electron chi connectivity index (χ3n) is 3.74. The largest absolute Gasteiger partial charge is 0.493 e. The van der Waals surface area contributed by atoms with E-state index in [1.54, 1.807) is 24.3 Å². The molecule has 0 bridgehead atoms. The number of alkyl halides is 3. The van der Waals surface area contributed by atoms with Gasteiger partial charge >= 0.3 is 12.1 Å². The fraction of sp³-hybridized carbons (Fsp3) is 0.167. The molecule has 1 aliphatic rings. The van der Waals surface area contributed by atoms with Crippen LogP contribution in [0.3, 0.4) is 0 Å². The van der Waals surface area contributed by atoms with Crippen LogP contribution in [-0.2, 0) is 4.79 Å². The van der Waals surface area contributed by atoms with Gasteiger partial charge in [-0.2, -0.15) is 13.2 Å². The molecule has 0 radical (unpaired) electrons. The zero-order chi connectivity index (χ0) is 19.8. The average molecular weight is 401 g/mol. The van der Waals surface area contributed by atoms with Crippen molar-refractivity contribution < 1.29 is 37.3 Å². The zero-order valence-electron chi connectivity index (χ0n) is 13.7. The highest BCUT2D eigenvalue weighted by molar-refractivity contribution is 6.32. The molecule has 142 valence electrons. The van der Waals surface area contributed by atoms with Crippen LogP contribution < -0.4 is 14.2 Å². The maximum Gasteiger partial charge on any atom is 0.430 e. The number of ether oxygens (including phenoxy) is 3. The lowest BCUT2D eigenvalue weighted by Gasteiger charge is -2.27. The minimum atomic E-state index is -4.90. The Morgan fingerprint density at radius 2 is 1.85 bits per heavy atom. The van der Waals surface area contributed by atoms with Gasteiger partial charge < -0.3 is 19.3 Å². The summed E-state index contributed by atoms with van der Waals surface area (Å²) >= 11 is 6.14. The number of halogens is 4. The van der Waals surface area contributed by atoms with Crippen LogP contribution in [-0.4, -0.2) is 30.5 Å². The Kier molecular flexibility index (Phi) is 4.93. The molecule has 0 saturated carbocycles. The predicted octanol–water partition coefficient (Wildman–Crippen LogP) is 4.93. The summed E-state index contributed by atoms with van der Waals surface area (Å²) in [5, 5.41) is 9.12. The van der Waals surface area contributed by atoms with Crippen LogP contribution >= 0.6 is 11.6 Å². The molecule has 3 rings (SSSR count). The Morgan fingerprint density at radius 3 is 2.44 bits per heavy atom. The fourth-order valence-corrected chi connectivity index (χ4v) is 2.73. The normalized spacial score (nSPS) is 16.0. The van der Waals surface area contributed by atoms with E-state index in [0.717, 1.165) is 6.08 Å². The topological polar surface area (TPSA) is 65.0 Å². The van der Waals surface area contributed by atoms with Crippen molar-refractivity contribution in [2.45, 2.75) is 12.3 Å². The van der Waals surface area contributed by atoms with E-state index in [-0.39, 0.29) is 22.1 Å². The molecule has 1 N–H and O–H groups in total. The molecular weight excluding hydrogens is 389 g/mol. The lowest BCUT2D eigenvalue weighted by molar-refractivity contribution is -0.187. The number of carboxylic acid groups (broad SMARTS) is 1. The standard InChI is InChI=1S/C18H12ClF3O5/c1-25-12-4-2-3-5-13(12)26-15-8-14-9(7-11(15)19)6-10(17(23)24)16(27-14)18(20,21)22/h2-8,16H,1H3,(H,23,24). The van der Waals surface area contributed by atoms with Crippen LogP contribution in [0, 0.1) is 0 Å². The number of carboxylic acids is 1. The first-order chi connectivity index (χ1) is 12.7. The first kappa shape index (κ1) is 18.9. The smallest absolute Gasteiger partial charge is 0.430 e. The van der Waals surface area contributed by atoms with E-state index in [1.807, 2.05) is 0 Å². The molecule has 1 aliphatic heterocycles. The third kappa shape index (κ3) is 3.80. The number of methoxy groups -OCH3 is 1. The number of para-hydroxylation sites is 2. The van der Waals surface area contributed by atoms with Gasteiger partial charge in [0.05, 0.1) is 17.7 Å². The summed E-state index contributed by atoms with van der Waals surface area (Å²) in [6, 6.07) is 9.09. The molecule has 0 aromatic heterocycles. The van der Waals surface area contributed by atoms with Gasteiger partial charge in [0.2, 0.25) is 6.10 Å². The Labute approximate surface area is 156 Å². The molecule has 27 heavy (non-hydrogen) atoms. The second kappa shape index (κ2) is 7.03. The van der Waals surface area contributed by atoms with E-state index < -0.39 is 23.8 Å². The Hall–Kier alpha value is -2.87. The van der Waals surface area contributed by atoms with E-state index in [1.165, 1.54) is 19.2 Å². The van der Waals surface area contributed by atoms with E-state index in [0.29, 0.717) is 11.5 Å². The van der Waals surface area contributed by atoms with Gasteiger partial charge in [0.15, 0.2) is 11.5 Å². The summed E-state index contributed by atoms with van der Waals surface area (Å²) in [6.07, 6.45) is -6.61. The van der Waals surface area contributed by atoms with Crippen molar-refractivity contribution in [3.63, 3.8) is 0 Å². The van der Waals surface area contributed by atoms with Gasteiger partial charge in [-0.1, -0.05) is 23.7 Å². The van der Waals surface area contributed by atoms with Crippen LogP contribution in [0.5, 0.6) is 23.0 Å². The van der Waals surface area contributed by atoms with Crippen LogP contribution in [0.2, 0.25) is 5.02 Å². The van der Waals surface area contributed by atoms with E-state index in [4.69, 9.17) is 30.9 Å². The van der Waals surface area contributed by atoms with Gasteiger partial charge in [0, 0.05) is 11.6 Å². The van der Waals surface area contributed by atoms with Crippen molar-refractivity contribution in [1.29, 1.82) is 0 Å². The maximum atomic E-state index is 13.2. The summed E-state index contributed by atoms with van der Waals surface area (Å²) in [5.41, 5.74) is -0.824. The molecule has 0 amide bonds. The zero-order valence-corrected chi connectivity index (χ0v) is 14.5. The monoisotopic (exact) mass is 400 g/mol. The quantitative estimate of drug-likeness (QED) is 0.788. The predicted molar refractivity (Wildman–Crippen MR) is 90.6 cm³/mol. The lowest BCUT2D eigenvalue weighted by atomic mass is 10.0. The van der Waals surface area contributed by atoms with Crippen molar-refractivity contribution in [2.24, 2.45) is 0 Å². The van der Waals surface area contributed by atoms with Crippen LogP contribution in [0.1, 0.15) is 5.56 Å². The summed E-state index contributed by atoms with van der Waals surface area (Å²) in [6.45, 7) is 0. The van der Waals surface area contributed by atoms with Crippen LogP contribution in [0.15, 0.2) is 42.0 Å². The van der Waals surface area contributed by atoms with Gasteiger partial charge in [-0.05, 0) is 24.3 Å². The van der Waals surface area contributed by atoms with Crippen molar-refractivity contribution in [3.05, 3.63) is 52.6 Å². The number of rotatable bonds is 4. The lowest BCUT2D eigenvalue weighted by Crippen LogP contribution is -2.40. The Morgan fingerprint density at radius 1 is 1.19 bits per heavy atom. The molecule has 2 aromatic carbocycles. The first-order valence-electron chi connectivity index (χ1n) is 7.53. The third-order valence-corrected chi connectivity index (χ3v) is 4.03. The summed E-state index contributed by atoms with van der Waals surface area (Å²) in [5.74, 6) is -1.20. The number of aliphatic carboxylic acids is 1. The molecule has 1 unspecified atom stereocenters. The van der Waals surface area contributed by atoms with Crippen molar-refractivity contribution >= 4 is 23.6 Å². The van der Waals surface area contributed by atoms with Crippen molar-refractivity contribution in [3.8, 4) is 23.0 Å². The van der Waals surface area contributed by atoms with Gasteiger partial charge in [-0.15, -0.1) is 0 Å². The second-order valence-corrected chi connectivity index (χ2v) is 5.92. The highest BCUT2D eigenvalue weighted by Crippen LogP contribution is 2.43. The highest BCUT2D eigenvalue weighted by Gasteiger charge is 2.48. The van der Waals surface area contributed by atoms with Crippen LogP contribution in [0.25, 0.3) is 6.08 Å². The molecular formula is C18H12ClF3O5. The minimum Gasteiger partial charge on any atom is -0.493 e. The molecule has 0 aliphatic carbocycles. The Balaban J connectivity index is 2.03. The molecule has 5 nitrogen and oxygen atoms in total. The maximum absolute atomic E-state index is 13.2. The number of hydrogen-bond acceptors (Lipinski definition) is 4. The molecule has 0 fully saturated rings. The SMILES string of the molecule is COc1ccccc1Oc1cc2c(cc1Cl)C=C(C(=O)O)C(C(F)(F)F)O2. The summed E-state index contributed by atoms with van der Waals surface area (Å²) in [4.78, 5) is 11.2. The number of hydrogen-bond donors (Lipinski definition) is 1. The summed E-state index contributed by atoms with van der Waals surface area (Å²) in [7, 11) is 1.44. The molecule has 0 saturated heterocycles. The number of benzene rings is 2. The second-order valence-electron chi connectivity index (χ2n) is 5.52. The highest BCUT2D eigenvalue weighted by atomic mass is 35.5. The number of carbonyl (C=O) groups is 1. The van der Waals surface area contributed by atoms with E-state index in [2.05, 4.69) is 0 Å². The molecule has 0 spiro atoms. The van der Waals surface area contributed by atoms with Gasteiger partial charge in [0.1, 0.15) is 11.5 Å². The minimum absolute atomic E-state index is 0.0352. The first-order valence-corrected chi connectivity index (χ1v) is 7.91. The van der Waals surface area contributed by atoms with Crippen molar-refractivity contribution in [1.82, 2.24) is 0 Å². The molecule has 1 atom stereocenters. The average Bonchev–Trinajstić information content (AvgIpc) is 2.61. The van der Waals surface area contributed by atoms with E-state index >= 15 is 0 Å². The van der Waals surface area contributed by atoms with Gasteiger partial charge in [0.25, 0.3) is 0 Å². The fourth-order valence-electron chi connectivity index (χ4n) is 2.52. The summed E-state index contributed by atoms with van der Waals surface area (Å²) < 4.78 is 55.2.